The number of anilines is 2. The lowest BCUT2D eigenvalue weighted by molar-refractivity contribution is 0.102. The first-order chi connectivity index (χ1) is 9.63. The molecule has 0 aliphatic heterocycles. The molecule has 0 unspecified atom stereocenters. The summed E-state index contributed by atoms with van der Waals surface area (Å²) in [7, 11) is 1.55. The van der Waals surface area contributed by atoms with Gasteiger partial charge in [0.2, 0.25) is 0 Å². The van der Waals surface area contributed by atoms with E-state index in [-0.39, 0.29) is 5.91 Å². The van der Waals surface area contributed by atoms with Gasteiger partial charge in [-0.1, -0.05) is 13.3 Å². The molecule has 2 rings (SSSR count). The summed E-state index contributed by atoms with van der Waals surface area (Å²) in [5, 5.41) is 9.63. The van der Waals surface area contributed by atoms with Crippen molar-refractivity contribution in [2.45, 2.75) is 19.8 Å². The molecule has 0 fully saturated rings. The van der Waals surface area contributed by atoms with Crippen molar-refractivity contribution in [3.63, 3.8) is 0 Å². The quantitative estimate of drug-likeness (QED) is 0.729. The number of nitrogens with one attached hydrogen (secondary N) is 2. The van der Waals surface area contributed by atoms with Crippen molar-refractivity contribution in [1.82, 2.24) is 10.2 Å². The maximum absolute atomic E-state index is 12.1. The van der Waals surface area contributed by atoms with Gasteiger partial charge in [-0.15, -0.1) is 0 Å². The first-order valence-electron chi connectivity index (χ1n) is 6.43. The van der Waals surface area contributed by atoms with Gasteiger partial charge in [0.1, 0.15) is 5.75 Å². The molecular formula is C14H18N4O2. The number of benzene rings is 1. The van der Waals surface area contributed by atoms with E-state index in [1.165, 1.54) is 0 Å². The molecule has 0 radical (unpaired) electrons. The van der Waals surface area contributed by atoms with E-state index in [4.69, 9.17) is 10.5 Å². The van der Waals surface area contributed by atoms with Gasteiger partial charge >= 0.3 is 0 Å². The number of H-pyrrole nitrogens is 1. The number of aromatic nitrogens is 2. The first kappa shape index (κ1) is 13.9. The van der Waals surface area contributed by atoms with Crippen LogP contribution in [-0.2, 0) is 6.42 Å². The summed E-state index contributed by atoms with van der Waals surface area (Å²) >= 11 is 0. The van der Waals surface area contributed by atoms with Gasteiger partial charge in [0.15, 0.2) is 5.82 Å². The number of nitrogen functional groups attached to an aromatic ring is 1. The van der Waals surface area contributed by atoms with Crippen molar-refractivity contribution < 1.29 is 9.53 Å². The monoisotopic (exact) mass is 274 g/mol. The van der Waals surface area contributed by atoms with Gasteiger partial charge in [-0.2, -0.15) is 5.10 Å². The van der Waals surface area contributed by atoms with E-state index in [0.29, 0.717) is 22.8 Å². The highest BCUT2D eigenvalue weighted by molar-refractivity contribution is 6.07. The molecule has 0 bridgehead atoms. The molecule has 6 heteroatoms. The Morgan fingerprint density at radius 1 is 1.45 bits per heavy atom. The number of nitrogens with two attached hydrogens (primary N) is 1. The van der Waals surface area contributed by atoms with Crippen LogP contribution >= 0.6 is 0 Å². The fraction of sp³-hybridized carbons (Fsp3) is 0.286. The molecule has 6 nitrogen and oxygen atoms in total. The molecule has 0 saturated heterocycles. The maximum Gasteiger partial charge on any atom is 0.258 e. The highest BCUT2D eigenvalue weighted by Gasteiger charge is 2.12. The zero-order valence-corrected chi connectivity index (χ0v) is 11.6. The second-order valence-electron chi connectivity index (χ2n) is 4.44. The molecule has 1 heterocycles. The molecule has 0 aliphatic rings. The van der Waals surface area contributed by atoms with Crippen molar-refractivity contribution in [2.75, 3.05) is 18.2 Å². The van der Waals surface area contributed by atoms with Crippen molar-refractivity contribution in [3.05, 3.63) is 35.5 Å². The maximum atomic E-state index is 12.1. The van der Waals surface area contributed by atoms with E-state index in [1.54, 1.807) is 25.3 Å². The zero-order chi connectivity index (χ0) is 14.5. The number of amides is 1. The average Bonchev–Trinajstić information content (AvgIpc) is 2.86. The third kappa shape index (κ3) is 3.09. The van der Waals surface area contributed by atoms with Gasteiger partial charge in [0.25, 0.3) is 5.91 Å². The van der Waals surface area contributed by atoms with Gasteiger partial charge in [-0.3, -0.25) is 9.89 Å². The van der Waals surface area contributed by atoms with Gasteiger partial charge in [-0.05, 0) is 18.6 Å². The van der Waals surface area contributed by atoms with Crippen LogP contribution in [0.15, 0.2) is 24.3 Å². The van der Waals surface area contributed by atoms with E-state index in [9.17, 15) is 4.79 Å². The average molecular weight is 274 g/mol. The van der Waals surface area contributed by atoms with Crippen LogP contribution in [0.2, 0.25) is 0 Å². The molecule has 1 amide bonds. The molecule has 1 aromatic heterocycles. The zero-order valence-electron chi connectivity index (χ0n) is 11.6. The molecule has 0 saturated carbocycles. The highest BCUT2D eigenvalue weighted by atomic mass is 16.5. The Kier molecular flexibility index (Phi) is 4.24. The van der Waals surface area contributed by atoms with Gasteiger partial charge < -0.3 is 15.8 Å². The van der Waals surface area contributed by atoms with Crippen LogP contribution in [0.3, 0.4) is 0 Å². The van der Waals surface area contributed by atoms with Crippen LogP contribution in [-0.4, -0.2) is 23.2 Å². The number of aryl methyl sites for hydroxylation is 1. The van der Waals surface area contributed by atoms with Crippen LogP contribution in [0.25, 0.3) is 0 Å². The third-order valence-corrected chi connectivity index (χ3v) is 2.90. The van der Waals surface area contributed by atoms with E-state index >= 15 is 0 Å². The predicted octanol–water partition coefficient (Wildman–Crippen LogP) is 2.21. The molecular weight excluding hydrogens is 256 g/mol. The number of nitrogens with zero attached hydrogens (tertiary/aromatic N) is 1. The van der Waals surface area contributed by atoms with Gasteiger partial charge in [0.05, 0.1) is 12.7 Å². The molecule has 1 aromatic carbocycles. The van der Waals surface area contributed by atoms with E-state index in [1.807, 2.05) is 6.07 Å². The molecule has 0 atom stereocenters. The Balaban J connectivity index is 2.11. The lowest BCUT2D eigenvalue weighted by Gasteiger charge is -2.07. The number of hydrogen-bond acceptors (Lipinski definition) is 4. The Hall–Kier alpha value is -2.50. The Bertz CT molecular complexity index is 607. The highest BCUT2D eigenvalue weighted by Crippen LogP contribution is 2.20. The Morgan fingerprint density at radius 2 is 2.25 bits per heavy atom. The summed E-state index contributed by atoms with van der Waals surface area (Å²) in [6, 6.07) is 6.75. The summed E-state index contributed by atoms with van der Waals surface area (Å²) < 4.78 is 5.05. The number of ether oxygens (including phenoxy) is 1. The summed E-state index contributed by atoms with van der Waals surface area (Å²) in [4.78, 5) is 12.1. The molecule has 2 aromatic rings. The van der Waals surface area contributed by atoms with E-state index in [0.717, 1.165) is 18.5 Å². The SMILES string of the molecule is CCCc1cc(NC(=O)c2ccc(OC)cc2N)n[nH]1. The summed E-state index contributed by atoms with van der Waals surface area (Å²) in [5.74, 6) is 0.817. The second kappa shape index (κ2) is 6.10. The van der Waals surface area contributed by atoms with Crippen LogP contribution in [0.1, 0.15) is 29.4 Å². The molecule has 0 aliphatic carbocycles. The van der Waals surface area contributed by atoms with Crippen LogP contribution in [0.5, 0.6) is 5.75 Å². The van der Waals surface area contributed by atoms with Crippen molar-refractivity contribution in [2.24, 2.45) is 0 Å². The van der Waals surface area contributed by atoms with Crippen molar-refractivity contribution >= 4 is 17.4 Å². The predicted molar refractivity (Wildman–Crippen MR) is 77.9 cm³/mol. The molecule has 20 heavy (non-hydrogen) atoms. The van der Waals surface area contributed by atoms with E-state index < -0.39 is 0 Å². The second-order valence-corrected chi connectivity index (χ2v) is 4.44. The van der Waals surface area contributed by atoms with Crippen LogP contribution in [0, 0.1) is 0 Å². The fourth-order valence-corrected chi connectivity index (χ4v) is 1.88. The number of rotatable bonds is 5. The van der Waals surface area contributed by atoms with Crippen molar-refractivity contribution in [3.8, 4) is 5.75 Å². The van der Waals surface area contributed by atoms with Gasteiger partial charge in [-0.25, -0.2) is 0 Å². The van der Waals surface area contributed by atoms with Gasteiger partial charge in [0, 0.05) is 23.5 Å². The topological polar surface area (TPSA) is 93.0 Å². The number of methoxy groups -OCH3 is 1. The summed E-state index contributed by atoms with van der Waals surface area (Å²) in [5.41, 5.74) is 7.59. The summed E-state index contributed by atoms with van der Waals surface area (Å²) in [6.45, 7) is 2.08. The number of aromatic amines is 1. The number of carbonyl (C=O) groups excluding carboxylic acids is 1. The fourth-order valence-electron chi connectivity index (χ4n) is 1.88. The van der Waals surface area contributed by atoms with Crippen LogP contribution in [0.4, 0.5) is 11.5 Å². The minimum atomic E-state index is -0.292. The largest absolute Gasteiger partial charge is 0.497 e. The van der Waals surface area contributed by atoms with Crippen molar-refractivity contribution in [1.29, 1.82) is 0 Å². The standard InChI is InChI=1S/C14H18N4O2/c1-3-4-9-7-13(18-17-9)16-14(19)11-6-5-10(20-2)8-12(11)15/h5-8H,3-4,15H2,1-2H3,(H2,16,17,18,19). The Morgan fingerprint density at radius 3 is 2.90 bits per heavy atom. The number of carbonyl (C=O) groups is 1. The molecule has 106 valence electrons. The number of hydrogen-bond donors (Lipinski definition) is 3. The molecule has 0 spiro atoms. The third-order valence-electron chi connectivity index (χ3n) is 2.90. The minimum Gasteiger partial charge on any atom is -0.497 e. The molecule has 4 N–H and O–H groups in total. The van der Waals surface area contributed by atoms with Crippen LogP contribution < -0.4 is 15.8 Å². The lowest BCUT2D eigenvalue weighted by atomic mass is 10.1. The lowest BCUT2D eigenvalue weighted by Crippen LogP contribution is -2.14. The minimum absolute atomic E-state index is 0.292. The normalized spacial score (nSPS) is 10.3. The Labute approximate surface area is 117 Å². The first-order valence-corrected chi connectivity index (χ1v) is 6.43. The smallest absolute Gasteiger partial charge is 0.258 e. The van der Waals surface area contributed by atoms with E-state index in [2.05, 4.69) is 22.4 Å². The summed E-state index contributed by atoms with van der Waals surface area (Å²) in [6.07, 6.45) is 1.91.